The van der Waals surface area contributed by atoms with Gasteiger partial charge < -0.3 is 8.83 Å². The van der Waals surface area contributed by atoms with Crippen molar-refractivity contribution in [3.05, 3.63) is 164 Å². The van der Waals surface area contributed by atoms with Crippen molar-refractivity contribution in [2.45, 2.75) is 0 Å². The average molecular weight is 642 g/mol. The van der Waals surface area contributed by atoms with Crippen LogP contribution in [0.2, 0.25) is 0 Å². The molecule has 0 aliphatic rings. The second kappa shape index (κ2) is 11.4. The zero-order chi connectivity index (χ0) is 33.0. The van der Waals surface area contributed by atoms with Gasteiger partial charge in [-0.3, -0.25) is 0 Å². The zero-order valence-electron chi connectivity index (χ0n) is 26.7. The van der Waals surface area contributed by atoms with Crippen LogP contribution in [0.15, 0.2) is 173 Å². The molecule has 50 heavy (non-hydrogen) atoms. The first-order valence-corrected chi connectivity index (χ1v) is 16.6. The van der Waals surface area contributed by atoms with Crippen LogP contribution >= 0.6 is 0 Å². The summed E-state index contributed by atoms with van der Waals surface area (Å²) in [6.45, 7) is 0. The monoisotopic (exact) mass is 641 g/mol. The summed E-state index contributed by atoms with van der Waals surface area (Å²) in [6.07, 6.45) is 0. The van der Waals surface area contributed by atoms with E-state index < -0.39 is 0 Å². The Morgan fingerprint density at radius 3 is 1.24 bits per heavy atom. The number of rotatable bonds is 5. The SMILES string of the molecule is c1ccc(-c2nc(-c3cccc(-c4cccc(-c5ccc6c(c5)oc5ccccc56)c4)c3)nc(-c3ccc4c(c3)oc3ccccc34)n2)cc1. The Morgan fingerprint density at radius 2 is 0.640 bits per heavy atom. The van der Waals surface area contributed by atoms with Crippen molar-refractivity contribution < 1.29 is 8.83 Å². The molecule has 5 heteroatoms. The van der Waals surface area contributed by atoms with Crippen LogP contribution < -0.4 is 0 Å². The van der Waals surface area contributed by atoms with Crippen LogP contribution in [0, 0.1) is 0 Å². The lowest BCUT2D eigenvalue weighted by Crippen LogP contribution is -2.00. The average Bonchev–Trinajstić information content (AvgIpc) is 3.76. The molecular formula is C45H27N3O2. The lowest BCUT2D eigenvalue weighted by atomic mass is 9.97. The molecule has 5 nitrogen and oxygen atoms in total. The van der Waals surface area contributed by atoms with Crippen molar-refractivity contribution in [1.82, 2.24) is 15.0 Å². The molecule has 10 rings (SSSR count). The molecule has 3 heterocycles. The second-order valence-corrected chi connectivity index (χ2v) is 12.5. The summed E-state index contributed by atoms with van der Waals surface area (Å²) in [5.74, 6) is 1.81. The predicted octanol–water partition coefficient (Wildman–Crippen LogP) is 12.0. The minimum atomic E-state index is 0.588. The highest BCUT2D eigenvalue weighted by Gasteiger charge is 2.15. The first kappa shape index (κ1) is 28.2. The van der Waals surface area contributed by atoms with Crippen molar-refractivity contribution in [1.29, 1.82) is 0 Å². The fraction of sp³-hybridized carbons (Fsp3) is 0. The van der Waals surface area contributed by atoms with Crippen LogP contribution in [0.1, 0.15) is 0 Å². The molecule has 0 radical (unpaired) electrons. The highest BCUT2D eigenvalue weighted by Crippen LogP contribution is 2.35. The minimum absolute atomic E-state index is 0.588. The Kier molecular flexibility index (Phi) is 6.42. The molecule has 0 spiro atoms. The molecule has 0 N–H and O–H groups in total. The van der Waals surface area contributed by atoms with Gasteiger partial charge in [0.2, 0.25) is 0 Å². The third-order valence-electron chi connectivity index (χ3n) is 9.33. The molecular weight excluding hydrogens is 615 g/mol. The van der Waals surface area contributed by atoms with E-state index in [9.17, 15) is 0 Å². The van der Waals surface area contributed by atoms with Crippen molar-refractivity contribution in [2.24, 2.45) is 0 Å². The molecule has 0 bridgehead atoms. The molecule has 0 unspecified atom stereocenters. The summed E-state index contributed by atoms with van der Waals surface area (Å²) in [5.41, 5.74) is 10.5. The van der Waals surface area contributed by atoms with Crippen molar-refractivity contribution >= 4 is 43.9 Å². The van der Waals surface area contributed by atoms with E-state index in [2.05, 4.69) is 91.0 Å². The number of hydrogen-bond donors (Lipinski definition) is 0. The van der Waals surface area contributed by atoms with Crippen molar-refractivity contribution in [3.63, 3.8) is 0 Å². The van der Waals surface area contributed by atoms with Crippen LogP contribution in [0.3, 0.4) is 0 Å². The van der Waals surface area contributed by atoms with E-state index in [0.29, 0.717) is 17.5 Å². The zero-order valence-corrected chi connectivity index (χ0v) is 26.7. The van der Waals surface area contributed by atoms with Crippen LogP contribution in [0.25, 0.3) is 100 Å². The van der Waals surface area contributed by atoms with Gasteiger partial charge in [0.25, 0.3) is 0 Å². The third-order valence-corrected chi connectivity index (χ3v) is 9.33. The fourth-order valence-electron chi connectivity index (χ4n) is 6.84. The van der Waals surface area contributed by atoms with Gasteiger partial charge >= 0.3 is 0 Å². The lowest BCUT2D eigenvalue weighted by Gasteiger charge is -2.10. The summed E-state index contributed by atoms with van der Waals surface area (Å²) in [7, 11) is 0. The summed E-state index contributed by atoms with van der Waals surface area (Å²) < 4.78 is 12.4. The topological polar surface area (TPSA) is 65.0 Å². The van der Waals surface area contributed by atoms with Gasteiger partial charge in [0, 0.05) is 38.2 Å². The standard InChI is InChI=1S/C45H27N3O2/c1-2-10-28(11-3-1)43-46-44(48-45(47-43)34-21-23-38-36-17-5-7-19-40(36)50-42(38)27-34)33-15-9-14-31(25-33)29-12-8-13-30(24-29)32-20-22-37-35-16-4-6-18-39(35)49-41(37)26-32/h1-27H. The van der Waals surface area contributed by atoms with Gasteiger partial charge in [0.15, 0.2) is 17.5 Å². The molecule has 0 saturated carbocycles. The number of hydrogen-bond acceptors (Lipinski definition) is 5. The number of furan rings is 2. The van der Waals surface area contributed by atoms with Gasteiger partial charge in [0.05, 0.1) is 0 Å². The minimum Gasteiger partial charge on any atom is -0.456 e. The van der Waals surface area contributed by atoms with Crippen LogP contribution in [-0.2, 0) is 0 Å². The molecule has 7 aromatic carbocycles. The van der Waals surface area contributed by atoms with E-state index in [1.165, 1.54) is 0 Å². The highest BCUT2D eigenvalue weighted by atomic mass is 16.3. The Bertz CT molecular complexity index is 2890. The number of benzene rings is 7. The van der Waals surface area contributed by atoms with Crippen molar-refractivity contribution in [2.75, 3.05) is 0 Å². The molecule has 3 aromatic heterocycles. The molecule has 234 valence electrons. The maximum atomic E-state index is 6.21. The number of para-hydroxylation sites is 2. The van der Waals surface area contributed by atoms with Crippen molar-refractivity contribution in [3.8, 4) is 56.4 Å². The van der Waals surface area contributed by atoms with Crippen LogP contribution in [-0.4, -0.2) is 15.0 Å². The molecule has 0 saturated heterocycles. The first-order chi connectivity index (χ1) is 24.7. The summed E-state index contributed by atoms with van der Waals surface area (Å²) >= 11 is 0. The van der Waals surface area contributed by atoms with Crippen LogP contribution in [0.5, 0.6) is 0 Å². The van der Waals surface area contributed by atoms with Gasteiger partial charge in [-0.15, -0.1) is 0 Å². The summed E-state index contributed by atoms with van der Waals surface area (Å²) in [4.78, 5) is 15.0. The first-order valence-electron chi connectivity index (χ1n) is 16.6. The van der Waals surface area contributed by atoms with Gasteiger partial charge in [0.1, 0.15) is 22.3 Å². The van der Waals surface area contributed by atoms with E-state index in [4.69, 9.17) is 23.8 Å². The molecule has 0 amide bonds. The van der Waals surface area contributed by atoms with Gasteiger partial charge in [-0.05, 0) is 70.8 Å². The maximum absolute atomic E-state index is 6.21. The van der Waals surface area contributed by atoms with E-state index in [1.807, 2.05) is 72.8 Å². The molecule has 0 fully saturated rings. The van der Waals surface area contributed by atoms with E-state index in [0.717, 1.165) is 82.8 Å². The fourth-order valence-corrected chi connectivity index (χ4v) is 6.84. The second-order valence-electron chi connectivity index (χ2n) is 12.5. The van der Waals surface area contributed by atoms with Gasteiger partial charge in [-0.2, -0.15) is 0 Å². The highest BCUT2D eigenvalue weighted by molar-refractivity contribution is 6.06. The Balaban J connectivity index is 1.06. The lowest BCUT2D eigenvalue weighted by molar-refractivity contribution is 0.668. The summed E-state index contributed by atoms with van der Waals surface area (Å²) in [6, 6.07) is 55.9. The number of fused-ring (bicyclic) bond motifs is 6. The smallest absolute Gasteiger partial charge is 0.164 e. The summed E-state index contributed by atoms with van der Waals surface area (Å²) in [5, 5.41) is 4.41. The van der Waals surface area contributed by atoms with E-state index in [1.54, 1.807) is 0 Å². The van der Waals surface area contributed by atoms with E-state index >= 15 is 0 Å². The maximum Gasteiger partial charge on any atom is 0.164 e. The molecule has 0 atom stereocenters. The quantitative estimate of drug-likeness (QED) is 0.187. The Morgan fingerprint density at radius 1 is 0.260 bits per heavy atom. The molecule has 0 aliphatic carbocycles. The Hall–Kier alpha value is -6.85. The van der Waals surface area contributed by atoms with E-state index in [-0.39, 0.29) is 0 Å². The third kappa shape index (κ3) is 4.83. The van der Waals surface area contributed by atoms with Gasteiger partial charge in [-0.25, -0.2) is 15.0 Å². The Labute approximate surface area is 287 Å². The van der Waals surface area contributed by atoms with Gasteiger partial charge in [-0.1, -0.05) is 115 Å². The predicted molar refractivity (Wildman–Crippen MR) is 202 cm³/mol. The van der Waals surface area contributed by atoms with Crippen LogP contribution in [0.4, 0.5) is 0 Å². The normalized spacial score (nSPS) is 11.6. The molecule has 10 aromatic rings. The number of nitrogens with zero attached hydrogens (tertiary/aromatic N) is 3. The number of aromatic nitrogens is 3. The largest absolute Gasteiger partial charge is 0.456 e. The molecule has 0 aliphatic heterocycles.